The molecule has 0 aliphatic carbocycles. The SMILES string of the molecule is CCCCOCOCC[N]CCOCOCCCC. The van der Waals surface area contributed by atoms with Gasteiger partial charge in [-0.05, 0) is 12.8 Å². The number of hydrogen-bond acceptors (Lipinski definition) is 4. The highest BCUT2D eigenvalue weighted by Gasteiger charge is 1.92. The molecule has 0 rings (SSSR count). The second-order valence-electron chi connectivity index (χ2n) is 4.25. The molecular formula is C14H30NO4. The lowest BCUT2D eigenvalue weighted by Crippen LogP contribution is -2.19. The van der Waals surface area contributed by atoms with Crippen molar-refractivity contribution in [1.29, 1.82) is 0 Å². The van der Waals surface area contributed by atoms with Crippen molar-refractivity contribution in [3.63, 3.8) is 0 Å². The molecule has 0 aliphatic heterocycles. The van der Waals surface area contributed by atoms with Crippen molar-refractivity contribution in [1.82, 2.24) is 5.32 Å². The number of rotatable bonds is 16. The summed E-state index contributed by atoms with van der Waals surface area (Å²) in [7, 11) is 0. The first-order valence-corrected chi connectivity index (χ1v) is 7.36. The van der Waals surface area contributed by atoms with E-state index in [1.165, 1.54) is 0 Å². The maximum atomic E-state index is 5.27. The molecule has 0 fully saturated rings. The summed E-state index contributed by atoms with van der Waals surface area (Å²) in [6, 6.07) is 0. The van der Waals surface area contributed by atoms with Gasteiger partial charge in [-0.1, -0.05) is 26.7 Å². The van der Waals surface area contributed by atoms with Crippen LogP contribution in [-0.2, 0) is 18.9 Å². The Kier molecular flexibility index (Phi) is 17.6. The Balaban J connectivity index is 2.88. The Morgan fingerprint density at radius 3 is 1.47 bits per heavy atom. The molecule has 0 aromatic carbocycles. The first kappa shape index (κ1) is 18.8. The second kappa shape index (κ2) is 17.8. The Labute approximate surface area is 117 Å². The van der Waals surface area contributed by atoms with E-state index in [2.05, 4.69) is 19.2 Å². The van der Waals surface area contributed by atoms with Crippen LogP contribution in [0.15, 0.2) is 0 Å². The molecular weight excluding hydrogens is 246 g/mol. The lowest BCUT2D eigenvalue weighted by molar-refractivity contribution is -0.0580. The van der Waals surface area contributed by atoms with Gasteiger partial charge in [-0.2, -0.15) is 0 Å². The smallest absolute Gasteiger partial charge is 0.146 e. The first-order valence-electron chi connectivity index (χ1n) is 7.36. The monoisotopic (exact) mass is 276 g/mol. The molecule has 0 bridgehead atoms. The van der Waals surface area contributed by atoms with Gasteiger partial charge in [0.05, 0.1) is 13.2 Å². The predicted octanol–water partition coefficient (Wildman–Crippen LogP) is 2.17. The number of ether oxygens (including phenoxy) is 4. The Morgan fingerprint density at radius 2 is 1.05 bits per heavy atom. The second-order valence-corrected chi connectivity index (χ2v) is 4.25. The lowest BCUT2D eigenvalue weighted by atomic mass is 10.4. The van der Waals surface area contributed by atoms with E-state index in [-0.39, 0.29) is 0 Å². The van der Waals surface area contributed by atoms with Crippen molar-refractivity contribution in [3.05, 3.63) is 0 Å². The zero-order chi connectivity index (χ0) is 14.0. The van der Waals surface area contributed by atoms with Crippen LogP contribution in [0.3, 0.4) is 0 Å². The molecule has 0 unspecified atom stereocenters. The van der Waals surface area contributed by atoms with E-state index in [1.807, 2.05) is 0 Å². The van der Waals surface area contributed by atoms with Crippen molar-refractivity contribution in [2.45, 2.75) is 39.5 Å². The van der Waals surface area contributed by atoms with Gasteiger partial charge in [0.15, 0.2) is 0 Å². The summed E-state index contributed by atoms with van der Waals surface area (Å²) >= 11 is 0. The van der Waals surface area contributed by atoms with Gasteiger partial charge < -0.3 is 18.9 Å². The summed E-state index contributed by atoms with van der Waals surface area (Å²) in [5.74, 6) is 0. The standard InChI is InChI=1S/C14H30NO4/c1-3-5-9-16-13-18-11-7-15-8-12-19-14-17-10-6-4-2/h3-14H2,1-2H3. The Hall–Kier alpha value is -0.200. The highest BCUT2D eigenvalue weighted by atomic mass is 16.7. The van der Waals surface area contributed by atoms with Crippen molar-refractivity contribution in [2.75, 3.05) is 53.1 Å². The number of unbranched alkanes of at least 4 members (excludes halogenated alkanes) is 2. The molecule has 1 radical (unpaired) electrons. The third kappa shape index (κ3) is 17.8. The van der Waals surface area contributed by atoms with Crippen LogP contribution in [-0.4, -0.2) is 53.1 Å². The van der Waals surface area contributed by atoms with Gasteiger partial charge in [0.2, 0.25) is 0 Å². The Bertz CT molecular complexity index is 142. The van der Waals surface area contributed by atoms with Gasteiger partial charge in [-0.25, -0.2) is 5.32 Å². The van der Waals surface area contributed by atoms with Gasteiger partial charge in [0.25, 0.3) is 0 Å². The molecule has 0 saturated heterocycles. The fourth-order valence-corrected chi connectivity index (χ4v) is 1.22. The molecule has 5 nitrogen and oxygen atoms in total. The summed E-state index contributed by atoms with van der Waals surface area (Å²) in [6.07, 6.45) is 4.48. The fourth-order valence-electron chi connectivity index (χ4n) is 1.22. The van der Waals surface area contributed by atoms with Crippen LogP contribution < -0.4 is 5.32 Å². The molecule has 0 aromatic rings. The molecule has 0 saturated carbocycles. The summed E-state index contributed by atoms with van der Waals surface area (Å²) in [5.41, 5.74) is 0. The highest BCUT2D eigenvalue weighted by molar-refractivity contribution is 4.43. The zero-order valence-corrected chi connectivity index (χ0v) is 12.6. The zero-order valence-electron chi connectivity index (χ0n) is 12.6. The van der Waals surface area contributed by atoms with Crippen LogP contribution >= 0.6 is 0 Å². The quantitative estimate of drug-likeness (QED) is 0.320. The average Bonchev–Trinajstić information content (AvgIpc) is 2.43. The fraction of sp³-hybridized carbons (Fsp3) is 1.00. The minimum atomic E-state index is 0.372. The van der Waals surface area contributed by atoms with Gasteiger partial charge in [0.1, 0.15) is 13.6 Å². The summed E-state index contributed by atoms with van der Waals surface area (Å²) in [6.45, 7) is 9.18. The molecule has 0 spiro atoms. The van der Waals surface area contributed by atoms with Crippen molar-refractivity contribution in [2.24, 2.45) is 0 Å². The van der Waals surface area contributed by atoms with Crippen molar-refractivity contribution >= 4 is 0 Å². The largest absolute Gasteiger partial charge is 0.355 e. The molecule has 0 atom stereocenters. The van der Waals surface area contributed by atoms with Gasteiger partial charge in [-0.15, -0.1) is 0 Å². The summed E-state index contributed by atoms with van der Waals surface area (Å²) in [4.78, 5) is 0. The third-order valence-electron chi connectivity index (χ3n) is 2.41. The Morgan fingerprint density at radius 1 is 0.632 bits per heavy atom. The van der Waals surface area contributed by atoms with Crippen LogP contribution in [0.25, 0.3) is 0 Å². The van der Waals surface area contributed by atoms with E-state index >= 15 is 0 Å². The molecule has 0 aliphatic rings. The highest BCUT2D eigenvalue weighted by Crippen LogP contribution is 1.89. The van der Waals surface area contributed by atoms with E-state index in [1.54, 1.807) is 0 Å². The molecule has 19 heavy (non-hydrogen) atoms. The predicted molar refractivity (Wildman–Crippen MR) is 75.2 cm³/mol. The van der Waals surface area contributed by atoms with E-state index in [4.69, 9.17) is 18.9 Å². The summed E-state index contributed by atoms with van der Waals surface area (Å²) in [5, 5.41) is 4.28. The van der Waals surface area contributed by atoms with Crippen LogP contribution in [0.4, 0.5) is 0 Å². The van der Waals surface area contributed by atoms with Gasteiger partial charge in [-0.3, -0.25) is 0 Å². The summed E-state index contributed by atoms with van der Waals surface area (Å²) < 4.78 is 21.1. The number of nitrogens with zero attached hydrogens (tertiary/aromatic N) is 1. The van der Waals surface area contributed by atoms with Gasteiger partial charge >= 0.3 is 0 Å². The minimum absolute atomic E-state index is 0.372. The van der Waals surface area contributed by atoms with Gasteiger partial charge in [0, 0.05) is 26.3 Å². The normalized spacial score (nSPS) is 11.1. The maximum Gasteiger partial charge on any atom is 0.146 e. The molecule has 5 heteroatoms. The topological polar surface area (TPSA) is 51.0 Å². The molecule has 0 amide bonds. The van der Waals surface area contributed by atoms with Crippen LogP contribution in [0.1, 0.15) is 39.5 Å². The lowest BCUT2D eigenvalue weighted by Gasteiger charge is -2.06. The van der Waals surface area contributed by atoms with Crippen molar-refractivity contribution < 1.29 is 18.9 Å². The molecule has 0 heterocycles. The van der Waals surface area contributed by atoms with E-state index in [0.717, 1.165) is 38.9 Å². The molecule has 0 aromatic heterocycles. The minimum Gasteiger partial charge on any atom is -0.355 e. The molecule has 115 valence electrons. The van der Waals surface area contributed by atoms with Crippen LogP contribution in [0.2, 0.25) is 0 Å². The first-order chi connectivity index (χ1) is 9.41. The maximum absolute atomic E-state index is 5.27. The number of hydrogen-bond donors (Lipinski definition) is 0. The van der Waals surface area contributed by atoms with E-state index in [0.29, 0.717) is 39.9 Å². The third-order valence-corrected chi connectivity index (χ3v) is 2.41. The van der Waals surface area contributed by atoms with E-state index < -0.39 is 0 Å². The van der Waals surface area contributed by atoms with E-state index in [9.17, 15) is 0 Å². The average molecular weight is 276 g/mol. The van der Waals surface area contributed by atoms with Crippen molar-refractivity contribution in [3.8, 4) is 0 Å². The molecule has 0 N–H and O–H groups in total. The van der Waals surface area contributed by atoms with Crippen LogP contribution in [0, 0.1) is 0 Å². The van der Waals surface area contributed by atoms with Crippen LogP contribution in [0.5, 0.6) is 0 Å².